The Morgan fingerprint density at radius 3 is 2.20 bits per heavy atom. The summed E-state index contributed by atoms with van der Waals surface area (Å²) in [5.74, 6) is -3.95. The number of piperidine rings is 3. The monoisotopic (exact) mass is 810 g/mol. The number of benzene rings is 2. The fourth-order valence-corrected chi connectivity index (χ4v) is 8.41. The maximum atomic E-state index is 13.5. The zero-order chi connectivity index (χ0) is 39.7. The Balaban J connectivity index is 0.846. The molecule has 56 heavy (non-hydrogen) atoms. The van der Waals surface area contributed by atoms with Crippen molar-refractivity contribution in [1.82, 2.24) is 41.5 Å². The first-order valence-electron chi connectivity index (χ1n) is 18.5. The van der Waals surface area contributed by atoms with Crippen LogP contribution in [0, 0.1) is 5.92 Å². The number of ether oxygens (including phenoxy) is 1. The molecule has 5 heterocycles. The van der Waals surface area contributed by atoms with Crippen molar-refractivity contribution in [3.63, 3.8) is 0 Å². The fraction of sp³-hybridized carbons (Fsp3) is 0.459. The smallest absolute Gasteiger partial charge is 0.266 e. The van der Waals surface area contributed by atoms with Gasteiger partial charge < -0.3 is 25.2 Å². The molecule has 0 radical (unpaired) electrons. The molecule has 4 fully saturated rings. The molecule has 2 aromatic rings. The van der Waals surface area contributed by atoms with E-state index in [-0.39, 0.29) is 75.0 Å². The van der Waals surface area contributed by atoms with Gasteiger partial charge in [-0.25, -0.2) is 5.43 Å². The maximum absolute atomic E-state index is 13.5. The Morgan fingerprint density at radius 1 is 0.821 bits per heavy atom. The van der Waals surface area contributed by atoms with E-state index in [1.807, 2.05) is 0 Å². The van der Waals surface area contributed by atoms with Crippen LogP contribution in [0.1, 0.15) is 69.6 Å². The number of carbonyl (C=O) groups is 8. The number of carbonyl (C=O) groups excluding carboxylic acids is 8. The molecule has 17 nitrogen and oxygen atoms in total. The van der Waals surface area contributed by atoms with Gasteiger partial charge in [0.25, 0.3) is 23.6 Å². The predicted molar refractivity (Wildman–Crippen MR) is 198 cm³/mol. The Hall–Kier alpha value is -5.10. The fourth-order valence-electron chi connectivity index (χ4n) is 7.84. The lowest BCUT2D eigenvalue weighted by Gasteiger charge is -2.37. The molecule has 0 bridgehead atoms. The third-order valence-corrected chi connectivity index (χ3v) is 11.5. The van der Waals surface area contributed by atoms with Gasteiger partial charge >= 0.3 is 0 Å². The van der Waals surface area contributed by atoms with Crippen LogP contribution in [0.15, 0.2) is 36.4 Å². The average molecular weight is 812 g/mol. The molecular weight excluding hydrogens is 771 g/mol. The van der Waals surface area contributed by atoms with E-state index >= 15 is 0 Å². The second-order valence-corrected chi connectivity index (χ2v) is 15.2. The second kappa shape index (κ2) is 16.6. The number of nitrogens with zero attached hydrogens (tertiary/aromatic N) is 3. The summed E-state index contributed by atoms with van der Waals surface area (Å²) in [6.07, 6.45) is 2.05. The SMILES string of the molecule is O=C1CCC(N2C(=O)c3cccc(OCC(=O)N4CCC(C(=O)N5CCC(NC(=O)C6NNCC6NC(=O)c6c(Cl)cccc6Cl)CC5)CC4)c3C2=O)C(=O)N1. The number of hydrogen-bond acceptors (Lipinski definition) is 11. The summed E-state index contributed by atoms with van der Waals surface area (Å²) in [5.41, 5.74) is 5.98. The van der Waals surface area contributed by atoms with Gasteiger partial charge in [0.1, 0.15) is 17.8 Å². The molecule has 5 N–H and O–H groups in total. The van der Waals surface area contributed by atoms with Crippen LogP contribution >= 0.6 is 23.2 Å². The number of halogens is 2. The topological polar surface area (TPSA) is 216 Å². The number of hydrazine groups is 1. The Bertz CT molecular complexity index is 1960. The van der Waals surface area contributed by atoms with Crippen LogP contribution in [0.2, 0.25) is 10.0 Å². The average Bonchev–Trinajstić information content (AvgIpc) is 3.75. The van der Waals surface area contributed by atoms with Crippen LogP contribution in [0.3, 0.4) is 0 Å². The largest absolute Gasteiger partial charge is 0.483 e. The minimum atomic E-state index is -1.12. The van der Waals surface area contributed by atoms with Crippen molar-refractivity contribution in [3.8, 4) is 5.75 Å². The number of amides is 8. The van der Waals surface area contributed by atoms with Crippen LogP contribution in [0.5, 0.6) is 5.75 Å². The van der Waals surface area contributed by atoms with E-state index in [1.165, 1.54) is 18.2 Å². The molecule has 5 aliphatic rings. The minimum absolute atomic E-state index is 0.00407. The zero-order valence-corrected chi connectivity index (χ0v) is 31.6. The first kappa shape index (κ1) is 39.1. The van der Waals surface area contributed by atoms with Crippen LogP contribution in [0.4, 0.5) is 0 Å². The van der Waals surface area contributed by atoms with Crippen LogP contribution in [0.25, 0.3) is 0 Å². The number of fused-ring (bicyclic) bond motifs is 1. The summed E-state index contributed by atoms with van der Waals surface area (Å²) in [7, 11) is 0. The highest BCUT2D eigenvalue weighted by Gasteiger charge is 2.46. The highest BCUT2D eigenvalue weighted by molar-refractivity contribution is 6.39. The van der Waals surface area contributed by atoms with Gasteiger partial charge in [0.05, 0.1) is 32.8 Å². The molecule has 2 aromatic carbocycles. The van der Waals surface area contributed by atoms with Gasteiger partial charge in [0.15, 0.2) is 6.61 Å². The van der Waals surface area contributed by atoms with Crippen molar-refractivity contribution in [2.24, 2.45) is 5.92 Å². The molecular formula is C37H40Cl2N8O9. The Kier molecular flexibility index (Phi) is 11.6. The van der Waals surface area contributed by atoms with Crippen molar-refractivity contribution in [3.05, 3.63) is 63.1 Å². The summed E-state index contributed by atoms with van der Waals surface area (Å²) in [4.78, 5) is 107. The van der Waals surface area contributed by atoms with E-state index < -0.39 is 54.3 Å². The number of nitrogens with one attached hydrogen (secondary N) is 5. The number of hydrogen-bond donors (Lipinski definition) is 5. The molecule has 0 aliphatic carbocycles. The molecule has 19 heteroatoms. The third-order valence-electron chi connectivity index (χ3n) is 10.9. The zero-order valence-electron chi connectivity index (χ0n) is 30.1. The van der Waals surface area contributed by atoms with Crippen LogP contribution in [-0.2, 0) is 24.0 Å². The first-order chi connectivity index (χ1) is 26.9. The molecule has 7 rings (SSSR count). The molecule has 0 aromatic heterocycles. The van der Waals surface area contributed by atoms with Gasteiger partial charge in [-0.3, -0.25) is 54.0 Å². The third kappa shape index (κ3) is 7.94. The van der Waals surface area contributed by atoms with Crippen molar-refractivity contribution in [2.45, 2.75) is 62.7 Å². The van der Waals surface area contributed by atoms with E-state index in [1.54, 1.807) is 28.0 Å². The number of rotatable bonds is 9. The van der Waals surface area contributed by atoms with Gasteiger partial charge in [-0.05, 0) is 56.4 Å². The normalized spacial score (nSPS) is 23.2. The molecule has 0 spiro atoms. The van der Waals surface area contributed by atoms with E-state index in [2.05, 4.69) is 26.8 Å². The number of imide groups is 2. The van der Waals surface area contributed by atoms with E-state index in [0.717, 1.165) is 4.90 Å². The van der Waals surface area contributed by atoms with E-state index in [0.29, 0.717) is 58.4 Å². The summed E-state index contributed by atoms with van der Waals surface area (Å²) in [6, 6.07) is 6.61. The quantitative estimate of drug-likeness (QED) is 0.219. The van der Waals surface area contributed by atoms with Crippen LogP contribution < -0.4 is 31.5 Å². The molecule has 0 saturated carbocycles. The Morgan fingerprint density at radius 2 is 1.50 bits per heavy atom. The van der Waals surface area contributed by atoms with Gasteiger partial charge in [-0.1, -0.05) is 35.3 Å². The van der Waals surface area contributed by atoms with Gasteiger partial charge in [0, 0.05) is 51.1 Å². The molecule has 3 unspecified atom stereocenters. The van der Waals surface area contributed by atoms with Crippen molar-refractivity contribution in [2.75, 3.05) is 39.3 Å². The maximum Gasteiger partial charge on any atom is 0.266 e. The van der Waals surface area contributed by atoms with Gasteiger partial charge in [-0.2, -0.15) is 0 Å². The molecule has 3 atom stereocenters. The van der Waals surface area contributed by atoms with Crippen molar-refractivity contribution >= 4 is 70.5 Å². The molecule has 4 saturated heterocycles. The first-order valence-corrected chi connectivity index (χ1v) is 19.2. The lowest BCUT2D eigenvalue weighted by Crippen LogP contribution is -2.56. The molecule has 8 amide bonds. The molecule has 5 aliphatic heterocycles. The predicted octanol–water partition coefficient (Wildman–Crippen LogP) is 0.394. The summed E-state index contributed by atoms with van der Waals surface area (Å²) in [6.45, 7) is 1.50. The Labute approximate surface area is 331 Å². The van der Waals surface area contributed by atoms with Gasteiger partial charge in [-0.15, -0.1) is 0 Å². The number of likely N-dealkylation sites (tertiary alicyclic amines) is 2. The minimum Gasteiger partial charge on any atom is -0.483 e. The lowest BCUT2D eigenvalue weighted by molar-refractivity contribution is -0.142. The molecule has 296 valence electrons. The summed E-state index contributed by atoms with van der Waals surface area (Å²) < 4.78 is 5.76. The van der Waals surface area contributed by atoms with Crippen molar-refractivity contribution < 1.29 is 43.1 Å². The van der Waals surface area contributed by atoms with Crippen LogP contribution in [-0.4, -0.2) is 125 Å². The standard InChI is InChI=1S/C37H40Cl2N8O9/c38-22-4-2-5-23(39)30(22)33(51)42-24-17-40-44-31(24)34(52)41-20-11-15-46(16-12-20)35(53)19-9-13-45(14-10-19)28(49)18-56-26-6-1-3-21-29(26)37(55)47(36(21)54)25-7-8-27(48)43-32(25)50/h1-6,19-20,24-25,31,40,44H,7-18H2,(H,41,52)(H,42,51)(H,43,48,50). The highest BCUT2D eigenvalue weighted by Crippen LogP contribution is 2.34. The van der Waals surface area contributed by atoms with Crippen molar-refractivity contribution in [1.29, 1.82) is 0 Å². The highest BCUT2D eigenvalue weighted by atomic mass is 35.5. The van der Waals surface area contributed by atoms with Gasteiger partial charge in [0.2, 0.25) is 23.6 Å². The summed E-state index contributed by atoms with van der Waals surface area (Å²) in [5, 5.41) is 8.44. The van der Waals surface area contributed by atoms with E-state index in [4.69, 9.17) is 27.9 Å². The van der Waals surface area contributed by atoms with E-state index in [9.17, 15) is 38.4 Å². The summed E-state index contributed by atoms with van der Waals surface area (Å²) >= 11 is 12.4. The second-order valence-electron chi connectivity index (χ2n) is 14.4. The lowest BCUT2D eigenvalue weighted by atomic mass is 9.93.